The molecule has 6 nitrogen and oxygen atoms in total. The molecule has 1 spiro atoms. The van der Waals surface area contributed by atoms with Crippen molar-refractivity contribution in [2.45, 2.75) is 18.4 Å². The van der Waals surface area contributed by atoms with E-state index in [4.69, 9.17) is 9.47 Å². The molecule has 0 unspecified atom stereocenters. The molecule has 0 bridgehead atoms. The molecule has 3 aliphatic rings. The molecule has 0 radical (unpaired) electrons. The number of ether oxygens (including phenoxy) is 2. The van der Waals surface area contributed by atoms with Crippen molar-refractivity contribution in [3.63, 3.8) is 0 Å². The number of hydrogen-bond acceptors (Lipinski definition) is 4. The van der Waals surface area contributed by atoms with Crippen molar-refractivity contribution in [2.24, 2.45) is 0 Å². The van der Waals surface area contributed by atoms with Gasteiger partial charge in [0.2, 0.25) is 11.8 Å². The van der Waals surface area contributed by atoms with E-state index in [0.717, 1.165) is 24.3 Å². The molecule has 1 aliphatic carbocycles. The first-order valence-electron chi connectivity index (χ1n) is 7.61. The molecule has 2 fully saturated rings. The molecule has 2 aliphatic heterocycles. The Labute approximate surface area is 128 Å². The van der Waals surface area contributed by atoms with Gasteiger partial charge in [-0.3, -0.25) is 9.59 Å². The van der Waals surface area contributed by atoms with Crippen molar-refractivity contribution < 1.29 is 19.1 Å². The first kappa shape index (κ1) is 13.6. The minimum absolute atomic E-state index is 0.0581. The highest BCUT2D eigenvalue weighted by Gasteiger charge is 2.51. The lowest BCUT2D eigenvalue weighted by atomic mass is 10.1. The Morgan fingerprint density at radius 2 is 2.09 bits per heavy atom. The van der Waals surface area contributed by atoms with E-state index in [0.29, 0.717) is 19.7 Å². The number of morpholine rings is 1. The van der Waals surface area contributed by atoms with E-state index in [2.05, 4.69) is 0 Å². The first-order valence-corrected chi connectivity index (χ1v) is 7.61. The standard InChI is InChI=1S/C16H18N2O4/c19-14(9-17-7-8-21-10-15(17)20)18-11-16(5-6-16)22-13-4-2-1-3-12(13)18/h1-4H,5-11H2. The Morgan fingerprint density at radius 3 is 2.86 bits per heavy atom. The molecule has 2 amide bonds. The molecule has 1 aromatic rings. The van der Waals surface area contributed by atoms with Crippen LogP contribution in [0.3, 0.4) is 0 Å². The van der Waals surface area contributed by atoms with Gasteiger partial charge in [0.05, 0.1) is 18.8 Å². The van der Waals surface area contributed by atoms with Crippen LogP contribution in [-0.2, 0) is 14.3 Å². The van der Waals surface area contributed by atoms with Crippen LogP contribution in [0.25, 0.3) is 0 Å². The summed E-state index contributed by atoms with van der Waals surface area (Å²) in [7, 11) is 0. The molecule has 0 aromatic heterocycles. The number of carbonyl (C=O) groups is 2. The minimum Gasteiger partial charge on any atom is -0.483 e. The van der Waals surface area contributed by atoms with Gasteiger partial charge in [-0.25, -0.2) is 0 Å². The first-order chi connectivity index (χ1) is 10.7. The molecule has 22 heavy (non-hydrogen) atoms. The van der Waals surface area contributed by atoms with E-state index in [1.807, 2.05) is 24.3 Å². The molecule has 116 valence electrons. The third-order valence-electron chi connectivity index (χ3n) is 4.45. The second-order valence-electron chi connectivity index (χ2n) is 6.10. The zero-order valence-electron chi connectivity index (χ0n) is 12.3. The summed E-state index contributed by atoms with van der Waals surface area (Å²) < 4.78 is 11.1. The van der Waals surface area contributed by atoms with Crippen LogP contribution in [0.5, 0.6) is 5.75 Å². The normalized spacial score (nSPS) is 22.3. The van der Waals surface area contributed by atoms with E-state index in [1.54, 1.807) is 9.80 Å². The molecule has 4 rings (SSSR count). The quantitative estimate of drug-likeness (QED) is 0.811. The predicted molar refractivity (Wildman–Crippen MR) is 78.8 cm³/mol. The van der Waals surface area contributed by atoms with Crippen molar-refractivity contribution in [3.05, 3.63) is 24.3 Å². The number of rotatable bonds is 2. The summed E-state index contributed by atoms with van der Waals surface area (Å²) in [4.78, 5) is 27.9. The second kappa shape index (κ2) is 4.98. The Hall–Kier alpha value is -2.08. The molecule has 1 aromatic carbocycles. The fraction of sp³-hybridized carbons (Fsp3) is 0.500. The monoisotopic (exact) mass is 302 g/mol. The van der Waals surface area contributed by atoms with Crippen LogP contribution in [0.1, 0.15) is 12.8 Å². The van der Waals surface area contributed by atoms with Crippen LogP contribution in [0, 0.1) is 0 Å². The van der Waals surface area contributed by atoms with Crippen molar-refractivity contribution in [1.82, 2.24) is 4.90 Å². The van der Waals surface area contributed by atoms with E-state index in [1.165, 1.54) is 0 Å². The lowest BCUT2D eigenvalue weighted by molar-refractivity contribution is -0.145. The zero-order chi connectivity index (χ0) is 15.2. The number of amides is 2. The Bertz CT molecular complexity index is 626. The van der Waals surface area contributed by atoms with E-state index in [-0.39, 0.29) is 30.6 Å². The molecule has 2 heterocycles. The van der Waals surface area contributed by atoms with Crippen molar-refractivity contribution in [1.29, 1.82) is 0 Å². The van der Waals surface area contributed by atoms with E-state index in [9.17, 15) is 9.59 Å². The number of nitrogens with zero attached hydrogens (tertiary/aromatic N) is 2. The zero-order valence-corrected chi connectivity index (χ0v) is 12.3. The van der Waals surface area contributed by atoms with Crippen LogP contribution in [-0.4, -0.2) is 55.2 Å². The Balaban J connectivity index is 1.56. The van der Waals surface area contributed by atoms with Crippen LogP contribution < -0.4 is 9.64 Å². The summed E-state index contributed by atoms with van der Waals surface area (Å²) in [6.45, 7) is 1.70. The maximum Gasteiger partial charge on any atom is 0.249 e. The van der Waals surface area contributed by atoms with Crippen LogP contribution in [0.15, 0.2) is 24.3 Å². The summed E-state index contributed by atoms with van der Waals surface area (Å²) in [6.07, 6.45) is 1.95. The van der Waals surface area contributed by atoms with E-state index < -0.39 is 0 Å². The maximum atomic E-state index is 12.7. The third-order valence-corrected chi connectivity index (χ3v) is 4.45. The summed E-state index contributed by atoms with van der Waals surface area (Å²) >= 11 is 0. The number of carbonyl (C=O) groups excluding carboxylic acids is 2. The SMILES string of the molecule is O=C1COCCN1CC(=O)N1CC2(CC2)Oc2ccccc21. The van der Waals surface area contributed by atoms with Crippen molar-refractivity contribution in [2.75, 3.05) is 37.7 Å². The lowest BCUT2D eigenvalue weighted by Crippen LogP contribution is -2.51. The average molecular weight is 302 g/mol. The highest BCUT2D eigenvalue weighted by molar-refractivity contribution is 5.98. The summed E-state index contributed by atoms with van der Waals surface area (Å²) in [5.41, 5.74) is 0.588. The van der Waals surface area contributed by atoms with Gasteiger partial charge in [-0.15, -0.1) is 0 Å². The van der Waals surface area contributed by atoms with E-state index >= 15 is 0 Å². The molecular weight excluding hydrogens is 284 g/mol. The number of hydrogen-bond donors (Lipinski definition) is 0. The third kappa shape index (κ3) is 2.33. The topological polar surface area (TPSA) is 59.1 Å². The molecule has 0 atom stereocenters. The molecule has 1 saturated heterocycles. The smallest absolute Gasteiger partial charge is 0.249 e. The van der Waals surface area contributed by atoms with Gasteiger partial charge in [0.25, 0.3) is 0 Å². The minimum atomic E-state index is -0.209. The second-order valence-corrected chi connectivity index (χ2v) is 6.10. The molecular formula is C16H18N2O4. The van der Waals surface area contributed by atoms with Gasteiger partial charge in [-0.2, -0.15) is 0 Å². The largest absolute Gasteiger partial charge is 0.483 e. The number of para-hydroxylation sites is 2. The molecule has 6 heteroatoms. The highest BCUT2D eigenvalue weighted by atomic mass is 16.5. The van der Waals surface area contributed by atoms with Crippen LogP contribution in [0.4, 0.5) is 5.69 Å². The maximum absolute atomic E-state index is 12.7. The van der Waals surface area contributed by atoms with Gasteiger partial charge in [0.1, 0.15) is 24.5 Å². The van der Waals surface area contributed by atoms with Crippen LogP contribution in [0.2, 0.25) is 0 Å². The Kier molecular flexibility index (Phi) is 3.07. The van der Waals surface area contributed by atoms with Gasteiger partial charge < -0.3 is 19.3 Å². The summed E-state index contributed by atoms with van der Waals surface area (Å²) in [5.74, 6) is 0.576. The predicted octanol–water partition coefficient (Wildman–Crippen LogP) is 0.803. The van der Waals surface area contributed by atoms with Crippen LogP contribution >= 0.6 is 0 Å². The van der Waals surface area contributed by atoms with Crippen molar-refractivity contribution >= 4 is 17.5 Å². The van der Waals surface area contributed by atoms with Crippen molar-refractivity contribution in [3.8, 4) is 5.75 Å². The molecule has 0 N–H and O–H groups in total. The lowest BCUT2D eigenvalue weighted by Gasteiger charge is -2.36. The summed E-state index contributed by atoms with van der Waals surface area (Å²) in [6, 6.07) is 7.60. The summed E-state index contributed by atoms with van der Waals surface area (Å²) in [5, 5.41) is 0. The molecule has 1 saturated carbocycles. The number of benzene rings is 1. The number of fused-ring (bicyclic) bond motifs is 1. The fourth-order valence-corrected chi connectivity index (χ4v) is 2.99. The fourth-order valence-electron chi connectivity index (χ4n) is 2.99. The Morgan fingerprint density at radius 1 is 1.27 bits per heavy atom. The van der Waals surface area contributed by atoms with Gasteiger partial charge in [0.15, 0.2) is 0 Å². The van der Waals surface area contributed by atoms with Gasteiger partial charge in [-0.05, 0) is 25.0 Å². The number of anilines is 1. The van der Waals surface area contributed by atoms with Gasteiger partial charge in [0, 0.05) is 6.54 Å². The average Bonchev–Trinajstić information content (AvgIpc) is 3.27. The highest BCUT2D eigenvalue weighted by Crippen LogP contribution is 2.48. The van der Waals surface area contributed by atoms with Gasteiger partial charge >= 0.3 is 0 Å². The van der Waals surface area contributed by atoms with Gasteiger partial charge in [-0.1, -0.05) is 12.1 Å².